The number of rotatable bonds is 4. The number of amides is 1. The van der Waals surface area contributed by atoms with Crippen molar-refractivity contribution in [3.05, 3.63) is 76.9 Å². The number of halogens is 1. The summed E-state index contributed by atoms with van der Waals surface area (Å²) in [4.78, 5) is 17.0. The van der Waals surface area contributed by atoms with Gasteiger partial charge in [0.2, 0.25) is 0 Å². The van der Waals surface area contributed by atoms with Gasteiger partial charge in [-0.3, -0.25) is 4.79 Å². The Labute approximate surface area is 143 Å². The number of hydrogen-bond donors (Lipinski definition) is 0. The fourth-order valence-corrected chi connectivity index (χ4v) is 3.68. The predicted octanol–water partition coefficient (Wildman–Crippen LogP) is 4.01. The fraction of sp³-hybridized carbons (Fsp3) is 0.158. The third-order valence-corrected chi connectivity index (χ3v) is 4.67. The number of aromatic nitrogens is 1. The Morgan fingerprint density at radius 3 is 2.88 bits per heavy atom. The van der Waals surface area contributed by atoms with E-state index < -0.39 is 0 Å². The zero-order chi connectivity index (χ0) is 17.1. The molecule has 0 aliphatic rings. The molecule has 0 unspecified atom stereocenters. The first kappa shape index (κ1) is 16.3. The van der Waals surface area contributed by atoms with E-state index in [2.05, 4.69) is 11.6 Å². The number of benzene rings is 2. The van der Waals surface area contributed by atoms with Crippen molar-refractivity contribution < 1.29 is 9.18 Å². The Bertz CT molecular complexity index is 984. The van der Waals surface area contributed by atoms with Gasteiger partial charge in [0.05, 0.1) is 16.6 Å². The Morgan fingerprint density at radius 2 is 2.12 bits per heavy atom. The lowest BCUT2D eigenvalue weighted by molar-refractivity contribution is -0.117. The van der Waals surface area contributed by atoms with Crippen LogP contribution >= 0.6 is 11.3 Å². The van der Waals surface area contributed by atoms with E-state index in [1.54, 1.807) is 16.7 Å². The summed E-state index contributed by atoms with van der Waals surface area (Å²) >= 11 is 1.31. The Hall–Kier alpha value is -2.53. The third-order valence-electron chi connectivity index (χ3n) is 3.62. The van der Waals surface area contributed by atoms with Gasteiger partial charge < -0.3 is 4.57 Å². The van der Waals surface area contributed by atoms with Crippen LogP contribution in [0, 0.1) is 12.7 Å². The first-order valence-corrected chi connectivity index (χ1v) is 8.42. The van der Waals surface area contributed by atoms with Crippen LogP contribution in [0.15, 0.2) is 60.1 Å². The molecule has 2 aromatic carbocycles. The molecule has 3 nitrogen and oxygen atoms in total. The monoisotopic (exact) mass is 340 g/mol. The van der Waals surface area contributed by atoms with E-state index in [0.29, 0.717) is 16.9 Å². The van der Waals surface area contributed by atoms with Gasteiger partial charge in [-0.25, -0.2) is 4.39 Å². The Balaban J connectivity index is 2.02. The normalized spacial score (nSPS) is 11.8. The van der Waals surface area contributed by atoms with Crippen LogP contribution in [0.25, 0.3) is 10.2 Å². The molecule has 0 bridgehead atoms. The van der Waals surface area contributed by atoms with Crippen molar-refractivity contribution >= 4 is 27.5 Å². The van der Waals surface area contributed by atoms with E-state index in [-0.39, 0.29) is 18.1 Å². The van der Waals surface area contributed by atoms with Gasteiger partial charge in [-0.15, -0.1) is 6.58 Å². The van der Waals surface area contributed by atoms with E-state index in [0.717, 1.165) is 15.8 Å². The van der Waals surface area contributed by atoms with Crippen LogP contribution in [-0.2, 0) is 17.8 Å². The molecule has 0 aliphatic heterocycles. The van der Waals surface area contributed by atoms with Gasteiger partial charge >= 0.3 is 0 Å². The van der Waals surface area contributed by atoms with Gasteiger partial charge in [0, 0.05) is 6.54 Å². The summed E-state index contributed by atoms with van der Waals surface area (Å²) in [6.45, 7) is 6.09. The first-order valence-electron chi connectivity index (χ1n) is 7.60. The number of carbonyl (C=O) groups is 1. The molecule has 1 aromatic heterocycles. The second-order valence-electron chi connectivity index (χ2n) is 5.54. The van der Waals surface area contributed by atoms with Crippen LogP contribution in [0.5, 0.6) is 0 Å². The number of fused-ring (bicyclic) bond motifs is 1. The summed E-state index contributed by atoms with van der Waals surface area (Å²) in [7, 11) is 0. The molecule has 0 saturated heterocycles. The van der Waals surface area contributed by atoms with Gasteiger partial charge in [-0.2, -0.15) is 4.99 Å². The molecule has 0 atom stereocenters. The van der Waals surface area contributed by atoms with Crippen LogP contribution in [0.4, 0.5) is 4.39 Å². The first-order chi connectivity index (χ1) is 11.6. The summed E-state index contributed by atoms with van der Waals surface area (Å²) in [6.07, 6.45) is 1.90. The van der Waals surface area contributed by atoms with E-state index >= 15 is 0 Å². The molecule has 0 N–H and O–H groups in total. The highest BCUT2D eigenvalue weighted by molar-refractivity contribution is 7.16. The number of para-hydroxylation sites is 1. The van der Waals surface area contributed by atoms with Crippen LogP contribution in [0.3, 0.4) is 0 Å². The van der Waals surface area contributed by atoms with Gasteiger partial charge in [0.15, 0.2) is 4.80 Å². The molecule has 0 radical (unpaired) electrons. The molecule has 3 aromatic rings. The molecule has 0 fully saturated rings. The third kappa shape index (κ3) is 3.36. The largest absolute Gasteiger partial charge is 0.310 e. The maximum Gasteiger partial charge on any atom is 0.252 e. The minimum Gasteiger partial charge on any atom is -0.310 e. The Kier molecular flexibility index (Phi) is 4.71. The lowest BCUT2D eigenvalue weighted by Gasteiger charge is -2.02. The predicted molar refractivity (Wildman–Crippen MR) is 95.4 cm³/mol. The summed E-state index contributed by atoms with van der Waals surface area (Å²) in [6, 6.07) is 12.7. The SMILES string of the molecule is C=CCn1c(=NC(=O)Cc2cccc(C)c2)sc2cccc(F)c21. The summed E-state index contributed by atoms with van der Waals surface area (Å²) in [5.41, 5.74) is 2.49. The van der Waals surface area contributed by atoms with Gasteiger partial charge in [0.1, 0.15) is 5.82 Å². The van der Waals surface area contributed by atoms with Crippen molar-refractivity contribution in [3.8, 4) is 0 Å². The summed E-state index contributed by atoms with van der Waals surface area (Å²) in [5, 5.41) is 0. The van der Waals surface area contributed by atoms with E-state index in [4.69, 9.17) is 0 Å². The summed E-state index contributed by atoms with van der Waals surface area (Å²) < 4.78 is 16.6. The number of nitrogens with zero attached hydrogens (tertiary/aromatic N) is 2. The molecule has 122 valence electrons. The molecule has 0 aliphatic carbocycles. The van der Waals surface area contributed by atoms with E-state index in [1.165, 1.54) is 17.4 Å². The van der Waals surface area contributed by atoms with Gasteiger partial charge in [-0.05, 0) is 24.6 Å². The lowest BCUT2D eigenvalue weighted by Crippen LogP contribution is -2.17. The van der Waals surface area contributed by atoms with Crippen LogP contribution in [-0.4, -0.2) is 10.5 Å². The summed E-state index contributed by atoms with van der Waals surface area (Å²) in [5.74, 6) is -0.566. The lowest BCUT2D eigenvalue weighted by atomic mass is 10.1. The molecular formula is C19H17FN2OS. The standard InChI is InChI=1S/C19H17FN2OS/c1-3-10-22-18-15(20)8-5-9-16(18)24-19(22)21-17(23)12-14-7-4-6-13(2)11-14/h3-9,11H,1,10,12H2,2H3. The molecule has 1 heterocycles. The second-order valence-corrected chi connectivity index (χ2v) is 6.55. The van der Waals surface area contributed by atoms with E-state index in [9.17, 15) is 9.18 Å². The van der Waals surface area contributed by atoms with Crippen molar-refractivity contribution in [2.45, 2.75) is 19.9 Å². The van der Waals surface area contributed by atoms with Crippen molar-refractivity contribution in [2.75, 3.05) is 0 Å². The average Bonchev–Trinajstić information content (AvgIpc) is 2.86. The second kappa shape index (κ2) is 6.93. The number of thiazole rings is 1. The minimum atomic E-state index is -0.321. The average molecular weight is 340 g/mol. The highest BCUT2D eigenvalue weighted by Gasteiger charge is 2.11. The number of allylic oxidation sites excluding steroid dienone is 1. The topological polar surface area (TPSA) is 34.4 Å². The van der Waals surface area contributed by atoms with Gasteiger partial charge in [0.25, 0.3) is 5.91 Å². The molecule has 0 saturated carbocycles. The maximum absolute atomic E-state index is 14.1. The number of carbonyl (C=O) groups excluding carboxylic acids is 1. The number of hydrogen-bond acceptors (Lipinski definition) is 2. The minimum absolute atomic E-state index is 0.229. The molecule has 24 heavy (non-hydrogen) atoms. The molecule has 5 heteroatoms. The van der Waals surface area contributed by atoms with Gasteiger partial charge in [-0.1, -0.05) is 53.3 Å². The van der Waals surface area contributed by atoms with E-state index in [1.807, 2.05) is 37.3 Å². The van der Waals surface area contributed by atoms with Crippen molar-refractivity contribution in [1.82, 2.24) is 4.57 Å². The number of aryl methyl sites for hydroxylation is 1. The zero-order valence-electron chi connectivity index (χ0n) is 13.3. The quantitative estimate of drug-likeness (QED) is 0.661. The Morgan fingerprint density at radius 1 is 1.33 bits per heavy atom. The van der Waals surface area contributed by atoms with Crippen LogP contribution in [0.1, 0.15) is 11.1 Å². The highest BCUT2D eigenvalue weighted by Crippen LogP contribution is 2.20. The molecule has 1 amide bonds. The highest BCUT2D eigenvalue weighted by atomic mass is 32.1. The van der Waals surface area contributed by atoms with Crippen molar-refractivity contribution in [2.24, 2.45) is 4.99 Å². The molecule has 0 spiro atoms. The fourth-order valence-electron chi connectivity index (χ4n) is 2.61. The van der Waals surface area contributed by atoms with Crippen LogP contribution in [0.2, 0.25) is 0 Å². The molecule has 3 rings (SSSR count). The smallest absolute Gasteiger partial charge is 0.252 e. The zero-order valence-corrected chi connectivity index (χ0v) is 14.1. The van der Waals surface area contributed by atoms with Crippen molar-refractivity contribution in [3.63, 3.8) is 0 Å². The van der Waals surface area contributed by atoms with Crippen molar-refractivity contribution in [1.29, 1.82) is 0 Å². The maximum atomic E-state index is 14.1. The molecular weight excluding hydrogens is 323 g/mol. The van der Waals surface area contributed by atoms with Crippen LogP contribution < -0.4 is 4.80 Å².